The average Bonchev–Trinajstić information content (AvgIpc) is 2.48. The predicted octanol–water partition coefficient (Wildman–Crippen LogP) is 4.12. The molecule has 1 aliphatic rings. The molecule has 1 aliphatic heterocycles. The molecule has 0 aromatic heterocycles. The van der Waals surface area contributed by atoms with E-state index in [9.17, 15) is 0 Å². The fraction of sp³-hybridized carbons (Fsp3) is 0.500. The van der Waals surface area contributed by atoms with E-state index in [0.29, 0.717) is 0 Å². The monoisotopic (exact) mass is 285 g/mol. The summed E-state index contributed by atoms with van der Waals surface area (Å²) in [6, 6.07) is 4.49. The minimum atomic E-state index is 0.962. The maximum Gasteiger partial charge on any atom is 0.0873 e. The lowest BCUT2D eigenvalue weighted by atomic mass is 10.0. The zero-order chi connectivity index (χ0) is 15.4. The summed E-state index contributed by atoms with van der Waals surface area (Å²) in [7, 11) is 0. The third-order valence-corrected chi connectivity index (χ3v) is 4.09. The molecule has 1 aromatic rings. The van der Waals surface area contributed by atoms with Gasteiger partial charge in [-0.1, -0.05) is 19.9 Å². The van der Waals surface area contributed by atoms with E-state index < -0.39 is 0 Å². The van der Waals surface area contributed by atoms with Gasteiger partial charge in [0.2, 0.25) is 0 Å². The Morgan fingerprint density at radius 2 is 1.90 bits per heavy atom. The van der Waals surface area contributed by atoms with Crippen molar-refractivity contribution in [2.45, 2.75) is 41.0 Å². The quantitative estimate of drug-likeness (QED) is 0.824. The molecule has 2 rings (SSSR count). The lowest BCUT2D eigenvalue weighted by Gasteiger charge is -2.33. The number of fused-ring (bicyclic) bond motifs is 1. The molecule has 3 nitrogen and oxygen atoms in total. The van der Waals surface area contributed by atoms with Crippen molar-refractivity contribution in [3.63, 3.8) is 0 Å². The van der Waals surface area contributed by atoms with Gasteiger partial charge in [0.25, 0.3) is 0 Å². The number of aryl methyl sites for hydroxylation is 2. The second kappa shape index (κ2) is 6.90. The summed E-state index contributed by atoms with van der Waals surface area (Å²) in [5.74, 6) is 0. The average molecular weight is 285 g/mol. The summed E-state index contributed by atoms with van der Waals surface area (Å²) in [5.41, 5.74) is 7.42. The van der Waals surface area contributed by atoms with Crippen LogP contribution in [0, 0.1) is 13.8 Å². The standard InChI is InChI=1S/C18H27N3/c1-6-15-17(7-2)21(10-9-19-8-3)18-12-14(5)13(4)11-16(18)20-15/h7,11-12,19H,6,8-10H2,1-5H3. The third-order valence-electron chi connectivity index (χ3n) is 4.09. The Balaban J connectivity index is 2.47. The number of nitrogens with zero attached hydrogens (tertiary/aromatic N) is 2. The normalized spacial score (nSPS) is 16.1. The van der Waals surface area contributed by atoms with Gasteiger partial charge in [0.15, 0.2) is 0 Å². The fourth-order valence-electron chi connectivity index (χ4n) is 2.77. The van der Waals surface area contributed by atoms with Gasteiger partial charge in [-0.3, -0.25) is 0 Å². The molecular weight excluding hydrogens is 258 g/mol. The van der Waals surface area contributed by atoms with Crippen molar-refractivity contribution in [2.75, 3.05) is 24.5 Å². The molecule has 0 unspecified atom stereocenters. The van der Waals surface area contributed by atoms with E-state index in [1.54, 1.807) is 0 Å². The highest BCUT2D eigenvalue weighted by Crippen LogP contribution is 2.38. The summed E-state index contributed by atoms with van der Waals surface area (Å²) < 4.78 is 0. The van der Waals surface area contributed by atoms with Crippen LogP contribution < -0.4 is 10.2 Å². The molecule has 0 saturated carbocycles. The van der Waals surface area contributed by atoms with Crippen molar-refractivity contribution >= 4 is 17.1 Å². The minimum Gasteiger partial charge on any atom is -0.337 e. The smallest absolute Gasteiger partial charge is 0.0873 e. The molecule has 1 N–H and O–H groups in total. The van der Waals surface area contributed by atoms with E-state index in [1.165, 1.54) is 28.2 Å². The van der Waals surface area contributed by atoms with Crippen LogP contribution in [0.4, 0.5) is 11.4 Å². The third kappa shape index (κ3) is 3.18. The SMILES string of the molecule is CC=C1C(CC)=Nc2cc(C)c(C)cc2N1CCNCC. The molecule has 0 bridgehead atoms. The zero-order valence-electron chi connectivity index (χ0n) is 14.0. The fourth-order valence-corrected chi connectivity index (χ4v) is 2.77. The number of anilines is 1. The van der Waals surface area contributed by atoms with Gasteiger partial charge in [0.1, 0.15) is 0 Å². The van der Waals surface area contributed by atoms with Gasteiger partial charge in [-0.15, -0.1) is 0 Å². The van der Waals surface area contributed by atoms with E-state index in [4.69, 9.17) is 4.99 Å². The van der Waals surface area contributed by atoms with E-state index in [1.807, 2.05) is 0 Å². The van der Waals surface area contributed by atoms with Crippen LogP contribution in [0.25, 0.3) is 0 Å². The first-order chi connectivity index (χ1) is 10.1. The van der Waals surface area contributed by atoms with Crippen LogP contribution in [0.1, 0.15) is 38.3 Å². The first-order valence-corrected chi connectivity index (χ1v) is 7.96. The van der Waals surface area contributed by atoms with E-state index in [-0.39, 0.29) is 0 Å². The van der Waals surface area contributed by atoms with Crippen molar-refractivity contribution in [3.05, 3.63) is 35.0 Å². The van der Waals surface area contributed by atoms with Crippen molar-refractivity contribution in [1.82, 2.24) is 5.32 Å². The van der Waals surface area contributed by atoms with Crippen LogP contribution in [-0.4, -0.2) is 25.3 Å². The topological polar surface area (TPSA) is 27.6 Å². The van der Waals surface area contributed by atoms with Gasteiger partial charge in [0, 0.05) is 13.1 Å². The van der Waals surface area contributed by atoms with Crippen LogP contribution >= 0.6 is 0 Å². The maximum absolute atomic E-state index is 4.88. The molecule has 0 saturated heterocycles. The number of allylic oxidation sites excluding steroid dienone is 2. The molecule has 0 atom stereocenters. The Morgan fingerprint density at radius 3 is 2.52 bits per heavy atom. The van der Waals surface area contributed by atoms with Gasteiger partial charge in [0.05, 0.1) is 22.8 Å². The number of hydrogen-bond donors (Lipinski definition) is 1. The number of hydrogen-bond acceptors (Lipinski definition) is 3. The van der Waals surface area contributed by atoms with E-state index in [2.05, 4.69) is 63.0 Å². The highest BCUT2D eigenvalue weighted by Gasteiger charge is 2.23. The Bertz CT molecular complexity index is 570. The van der Waals surface area contributed by atoms with Crippen LogP contribution in [0.3, 0.4) is 0 Å². The lowest BCUT2D eigenvalue weighted by molar-refractivity contribution is 0.709. The Hall–Kier alpha value is -1.61. The van der Waals surface area contributed by atoms with Gasteiger partial charge < -0.3 is 10.2 Å². The molecule has 0 radical (unpaired) electrons. The van der Waals surface area contributed by atoms with Crippen LogP contribution in [0.15, 0.2) is 28.9 Å². The second-order valence-corrected chi connectivity index (χ2v) is 5.52. The number of nitrogens with one attached hydrogen (secondary N) is 1. The van der Waals surface area contributed by atoms with E-state index >= 15 is 0 Å². The highest BCUT2D eigenvalue weighted by atomic mass is 15.2. The number of rotatable bonds is 5. The molecule has 0 amide bonds. The molecule has 3 heteroatoms. The second-order valence-electron chi connectivity index (χ2n) is 5.52. The molecule has 0 fully saturated rings. The molecule has 1 aromatic carbocycles. The van der Waals surface area contributed by atoms with Gasteiger partial charge in [-0.2, -0.15) is 0 Å². The summed E-state index contributed by atoms with van der Waals surface area (Å²) in [4.78, 5) is 7.30. The highest BCUT2D eigenvalue weighted by molar-refractivity contribution is 6.08. The van der Waals surface area contributed by atoms with Crippen molar-refractivity contribution in [2.24, 2.45) is 4.99 Å². The van der Waals surface area contributed by atoms with E-state index in [0.717, 1.165) is 31.7 Å². The number of likely N-dealkylation sites (N-methyl/N-ethyl adjacent to an activating group) is 1. The summed E-state index contributed by atoms with van der Waals surface area (Å²) in [6.45, 7) is 13.7. The molecular formula is C18H27N3. The van der Waals surface area contributed by atoms with Crippen molar-refractivity contribution < 1.29 is 0 Å². The Labute approximate surface area is 128 Å². The molecule has 0 spiro atoms. The minimum absolute atomic E-state index is 0.962. The maximum atomic E-state index is 4.88. The van der Waals surface area contributed by atoms with Gasteiger partial charge >= 0.3 is 0 Å². The summed E-state index contributed by atoms with van der Waals surface area (Å²) in [6.07, 6.45) is 3.15. The number of benzene rings is 1. The lowest BCUT2D eigenvalue weighted by Crippen LogP contribution is -2.35. The van der Waals surface area contributed by atoms with Crippen LogP contribution in [0.2, 0.25) is 0 Å². The zero-order valence-corrected chi connectivity index (χ0v) is 14.0. The van der Waals surface area contributed by atoms with Gasteiger partial charge in [-0.05, 0) is 57.0 Å². The summed E-state index contributed by atoms with van der Waals surface area (Å²) in [5, 5.41) is 3.42. The molecule has 0 aliphatic carbocycles. The Kier molecular flexibility index (Phi) is 5.18. The van der Waals surface area contributed by atoms with Crippen molar-refractivity contribution in [3.8, 4) is 0 Å². The van der Waals surface area contributed by atoms with Crippen LogP contribution in [0.5, 0.6) is 0 Å². The van der Waals surface area contributed by atoms with Gasteiger partial charge in [-0.25, -0.2) is 4.99 Å². The predicted molar refractivity (Wildman–Crippen MR) is 92.9 cm³/mol. The summed E-state index contributed by atoms with van der Waals surface area (Å²) >= 11 is 0. The Morgan fingerprint density at radius 1 is 1.19 bits per heavy atom. The van der Waals surface area contributed by atoms with Crippen molar-refractivity contribution in [1.29, 1.82) is 0 Å². The largest absolute Gasteiger partial charge is 0.337 e. The molecule has 114 valence electrons. The van der Waals surface area contributed by atoms with Crippen LogP contribution in [-0.2, 0) is 0 Å². The molecule has 1 heterocycles. The first-order valence-electron chi connectivity index (χ1n) is 7.96. The number of aliphatic imine (C=N–C) groups is 1. The molecule has 21 heavy (non-hydrogen) atoms. The first kappa shape index (κ1) is 15.8.